The summed E-state index contributed by atoms with van der Waals surface area (Å²) in [6, 6.07) is 7.22. The molecule has 17 heavy (non-hydrogen) atoms. The summed E-state index contributed by atoms with van der Waals surface area (Å²) in [5.74, 6) is -0.0549. The van der Waals surface area contributed by atoms with Gasteiger partial charge in [-0.05, 0) is 19.1 Å². The van der Waals surface area contributed by atoms with Gasteiger partial charge in [-0.1, -0.05) is 12.1 Å². The van der Waals surface area contributed by atoms with Crippen molar-refractivity contribution in [1.29, 1.82) is 0 Å². The van der Waals surface area contributed by atoms with E-state index in [0.717, 1.165) is 5.52 Å². The summed E-state index contributed by atoms with van der Waals surface area (Å²) in [7, 11) is -3.39. The Hall–Kier alpha value is -1.40. The second-order valence-corrected chi connectivity index (χ2v) is 5.60. The Balaban J connectivity index is 2.26. The van der Waals surface area contributed by atoms with Crippen LogP contribution in [0, 0.1) is 0 Å². The molecule has 0 spiro atoms. The van der Waals surface area contributed by atoms with Gasteiger partial charge in [0.05, 0.1) is 23.4 Å². The number of nitrogens with zero attached hydrogens (tertiary/aromatic N) is 1. The molecule has 0 aliphatic heterocycles. The highest BCUT2D eigenvalue weighted by molar-refractivity contribution is 7.91. The molecular formula is C11H14N2O3S. The Kier molecular flexibility index (Phi) is 3.44. The summed E-state index contributed by atoms with van der Waals surface area (Å²) >= 11 is 0. The predicted octanol–water partition coefficient (Wildman–Crippen LogP) is 1.37. The Morgan fingerprint density at radius 1 is 1.35 bits per heavy atom. The number of ether oxygens (including phenoxy) is 1. The number of H-pyrrole nitrogens is 1. The van der Waals surface area contributed by atoms with E-state index in [1.165, 1.54) is 0 Å². The maximum atomic E-state index is 11.9. The molecule has 0 saturated carbocycles. The first kappa shape index (κ1) is 12.1. The highest BCUT2D eigenvalue weighted by Crippen LogP contribution is 2.14. The van der Waals surface area contributed by atoms with E-state index in [2.05, 4.69) is 9.97 Å². The van der Waals surface area contributed by atoms with E-state index >= 15 is 0 Å². The summed E-state index contributed by atoms with van der Waals surface area (Å²) in [4.78, 5) is 6.87. The van der Waals surface area contributed by atoms with E-state index in [1.54, 1.807) is 12.1 Å². The van der Waals surface area contributed by atoms with Crippen LogP contribution in [-0.2, 0) is 14.6 Å². The van der Waals surface area contributed by atoms with Gasteiger partial charge in [0.1, 0.15) is 0 Å². The summed E-state index contributed by atoms with van der Waals surface area (Å²) in [5.41, 5.74) is 1.38. The monoisotopic (exact) mass is 254 g/mol. The van der Waals surface area contributed by atoms with Crippen molar-refractivity contribution in [2.75, 3.05) is 19.0 Å². The van der Waals surface area contributed by atoms with Crippen molar-refractivity contribution in [2.45, 2.75) is 12.1 Å². The van der Waals surface area contributed by atoms with E-state index < -0.39 is 9.84 Å². The summed E-state index contributed by atoms with van der Waals surface area (Å²) in [6.45, 7) is 2.53. The third-order valence-corrected chi connectivity index (χ3v) is 3.85. The van der Waals surface area contributed by atoms with E-state index in [-0.39, 0.29) is 17.5 Å². The fourth-order valence-electron chi connectivity index (χ4n) is 1.49. The topological polar surface area (TPSA) is 72.1 Å². The van der Waals surface area contributed by atoms with Gasteiger partial charge in [0.25, 0.3) is 0 Å². The first-order valence-corrected chi connectivity index (χ1v) is 7.04. The summed E-state index contributed by atoms with van der Waals surface area (Å²) in [5, 5.41) is 0.0124. The number of benzene rings is 1. The van der Waals surface area contributed by atoms with E-state index in [1.807, 2.05) is 19.1 Å². The van der Waals surface area contributed by atoms with Crippen molar-refractivity contribution in [2.24, 2.45) is 0 Å². The van der Waals surface area contributed by atoms with E-state index in [4.69, 9.17) is 4.74 Å². The molecule has 0 radical (unpaired) electrons. The average molecular weight is 254 g/mol. The van der Waals surface area contributed by atoms with Gasteiger partial charge in [-0.15, -0.1) is 0 Å². The van der Waals surface area contributed by atoms with Crippen molar-refractivity contribution < 1.29 is 13.2 Å². The van der Waals surface area contributed by atoms with Crippen molar-refractivity contribution in [3.63, 3.8) is 0 Å². The number of aromatic amines is 1. The summed E-state index contributed by atoms with van der Waals surface area (Å²) < 4.78 is 28.8. The average Bonchev–Trinajstić information content (AvgIpc) is 2.73. The molecule has 0 aliphatic carbocycles. The van der Waals surface area contributed by atoms with Gasteiger partial charge in [-0.25, -0.2) is 13.4 Å². The molecule has 6 heteroatoms. The zero-order chi connectivity index (χ0) is 12.3. The molecule has 0 amide bonds. The zero-order valence-electron chi connectivity index (χ0n) is 9.51. The molecule has 1 heterocycles. The van der Waals surface area contributed by atoms with Gasteiger partial charge < -0.3 is 9.72 Å². The molecule has 0 unspecified atom stereocenters. The molecule has 0 bridgehead atoms. The molecule has 0 saturated heterocycles. The van der Waals surface area contributed by atoms with Crippen LogP contribution in [0.5, 0.6) is 0 Å². The second-order valence-electron chi connectivity index (χ2n) is 3.57. The molecule has 1 aromatic carbocycles. The fraction of sp³-hybridized carbons (Fsp3) is 0.364. The van der Waals surface area contributed by atoms with Crippen LogP contribution >= 0.6 is 0 Å². The number of hydrogen-bond donors (Lipinski definition) is 1. The van der Waals surface area contributed by atoms with Crippen molar-refractivity contribution in [3.8, 4) is 0 Å². The van der Waals surface area contributed by atoms with Gasteiger partial charge in [-0.2, -0.15) is 0 Å². The van der Waals surface area contributed by atoms with E-state index in [0.29, 0.717) is 12.1 Å². The quantitative estimate of drug-likeness (QED) is 0.818. The number of fused-ring (bicyclic) bond motifs is 1. The lowest BCUT2D eigenvalue weighted by Crippen LogP contribution is -2.13. The minimum atomic E-state index is -3.39. The van der Waals surface area contributed by atoms with Crippen LogP contribution in [0.3, 0.4) is 0 Å². The second kappa shape index (κ2) is 4.85. The molecule has 1 aromatic heterocycles. The minimum absolute atomic E-state index is 0.0124. The lowest BCUT2D eigenvalue weighted by atomic mass is 10.3. The third kappa shape index (κ3) is 2.65. The maximum Gasteiger partial charge on any atom is 0.226 e. The number of aromatic nitrogens is 2. The number of para-hydroxylation sites is 2. The van der Waals surface area contributed by atoms with Gasteiger partial charge in [-0.3, -0.25) is 0 Å². The Bertz CT molecular complexity index is 571. The highest BCUT2D eigenvalue weighted by Gasteiger charge is 2.18. The fourth-order valence-corrected chi connectivity index (χ4v) is 2.52. The first-order chi connectivity index (χ1) is 8.13. The molecule has 0 aliphatic rings. The van der Waals surface area contributed by atoms with Crippen molar-refractivity contribution in [3.05, 3.63) is 24.3 Å². The minimum Gasteiger partial charge on any atom is -0.381 e. The maximum absolute atomic E-state index is 11.9. The normalized spacial score (nSPS) is 12.1. The molecule has 92 valence electrons. The third-order valence-electron chi connectivity index (χ3n) is 2.36. The number of rotatable bonds is 5. The van der Waals surface area contributed by atoms with Crippen LogP contribution in [0.1, 0.15) is 6.92 Å². The summed E-state index contributed by atoms with van der Waals surface area (Å²) in [6.07, 6.45) is 0. The molecule has 0 fully saturated rings. The van der Waals surface area contributed by atoms with Gasteiger partial charge in [0, 0.05) is 6.61 Å². The number of imidazole rings is 1. The predicted molar refractivity (Wildman–Crippen MR) is 64.6 cm³/mol. The van der Waals surface area contributed by atoms with Crippen LogP contribution in [0.2, 0.25) is 0 Å². The van der Waals surface area contributed by atoms with Gasteiger partial charge in [0.2, 0.25) is 15.0 Å². The van der Waals surface area contributed by atoms with Crippen LogP contribution in [-0.4, -0.2) is 37.4 Å². The number of sulfone groups is 1. The highest BCUT2D eigenvalue weighted by atomic mass is 32.2. The number of nitrogens with one attached hydrogen (secondary N) is 1. The largest absolute Gasteiger partial charge is 0.381 e. The van der Waals surface area contributed by atoms with Crippen LogP contribution in [0.4, 0.5) is 0 Å². The van der Waals surface area contributed by atoms with Gasteiger partial charge >= 0.3 is 0 Å². The lowest BCUT2D eigenvalue weighted by Gasteiger charge is -2.00. The number of hydrogen-bond acceptors (Lipinski definition) is 4. The molecule has 1 N–H and O–H groups in total. The Morgan fingerprint density at radius 3 is 2.82 bits per heavy atom. The first-order valence-electron chi connectivity index (χ1n) is 5.39. The molecule has 2 rings (SSSR count). The lowest BCUT2D eigenvalue weighted by molar-refractivity contribution is 0.163. The van der Waals surface area contributed by atoms with E-state index in [9.17, 15) is 8.42 Å². The molecule has 2 aromatic rings. The van der Waals surface area contributed by atoms with Crippen LogP contribution in [0.25, 0.3) is 11.0 Å². The molecular weight excluding hydrogens is 240 g/mol. The van der Waals surface area contributed by atoms with Crippen molar-refractivity contribution >= 4 is 20.9 Å². The Morgan fingerprint density at radius 2 is 2.12 bits per heavy atom. The van der Waals surface area contributed by atoms with Gasteiger partial charge in [0.15, 0.2) is 0 Å². The standard InChI is InChI=1S/C11H14N2O3S/c1-2-16-7-8-17(14,15)11-12-9-5-3-4-6-10(9)13-11/h3-6H,2,7-8H2,1H3,(H,12,13). The van der Waals surface area contributed by atoms with Crippen molar-refractivity contribution in [1.82, 2.24) is 9.97 Å². The molecule has 5 nitrogen and oxygen atoms in total. The zero-order valence-corrected chi connectivity index (χ0v) is 10.3. The SMILES string of the molecule is CCOCCS(=O)(=O)c1nc2ccccc2[nH]1. The smallest absolute Gasteiger partial charge is 0.226 e. The van der Waals surface area contributed by atoms with Crippen LogP contribution < -0.4 is 0 Å². The van der Waals surface area contributed by atoms with Crippen LogP contribution in [0.15, 0.2) is 29.4 Å². The Labute approximate surface area is 99.7 Å². The molecule has 0 atom stereocenters.